The molecule has 1 unspecified atom stereocenters. The monoisotopic (exact) mass is 294 g/mol. The second kappa shape index (κ2) is 9.20. The summed E-state index contributed by atoms with van der Waals surface area (Å²) >= 11 is 0. The van der Waals surface area contributed by atoms with Crippen LogP contribution < -0.4 is 5.32 Å². The Balaban J connectivity index is 2.63. The summed E-state index contributed by atoms with van der Waals surface area (Å²) in [7, 11) is 3.18. The molecule has 0 spiro atoms. The first-order valence-electron chi connectivity index (χ1n) is 6.87. The van der Waals surface area contributed by atoms with Crippen LogP contribution in [-0.2, 0) is 20.8 Å². The van der Waals surface area contributed by atoms with Crippen molar-refractivity contribution < 1.29 is 14.3 Å². The molecule has 0 heterocycles. The quantitative estimate of drug-likeness (QED) is 0.561. The van der Waals surface area contributed by atoms with Gasteiger partial charge in [-0.3, -0.25) is 4.79 Å². The van der Waals surface area contributed by atoms with Crippen LogP contribution in [0.15, 0.2) is 23.4 Å². The molecule has 0 saturated heterocycles. The van der Waals surface area contributed by atoms with Gasteiger partial charge in [-0.1, -0.05) is 6.07 Å². The van der Waals surface area contributed by atoms with Gasteiger partial charge in [-0.25, -0.2) is 0 Å². The number of hydrogen-bond donors (Lipinski definition) is 1. The van der Waals surface area contributed by atoms with Gasteiger partial charge in [0.15, 0.2) is 0 Å². The van der Waals surface area contributed by atoms with Crippen LogP contribution in [0.2, 0.25) is 0 Å². The zero-order chi connectivity index (χ0) is 15.7. The Labute approximate surface area is 124 Å². The standard InChI is InChI=1S/C15H22N2O4/c1-11(21-3)13-9-12(6-7-14(13)17-19)10-16-15(18)5-4-8-20-2/h6-7,9,11H,4-5,8,10H2,1-3H3,(H,16,18). The number of amides is 1. The van der Waals surface area contributed by atoms with Gasteiger partial charge in [0.25, 0.3) is 0 Å². The fourth-order valence-corrected chi connectivity index (χ4v) is 1.92. The molecule has 1 rings (SSSR count). The first-order chi connectivity index (χ1) is 10.1. The molecule has 0 radical (unpaired) electrons. The van der Waals surface area contributed by atoms with Crippen LogP contribution in [0.1, 0.15) is 37.0 Å². The summed E-state index contributed by atoms with van der Waals surface area (Å²) in [4.78, 5) is 22.4. The summed E-state index contributed by atoms with van der Waals surface area (Å²) in [5.74, 6) is -0.0222. The summed E-state index contributed by atoms with van der Waals surface area (Å²) in [5, 5.41) is 5.83. The maximum atomic E-state index is 11.6. The predicted molar refractivity (Wildman–Crippen MR) is 80.3 cm³/mol. The summed E-state index contributed by atoms with van der Waals surface area (Å²) in [5.41, 5.74) is 1.99. The van der Waals surface area contributed by atoms with E-state index in [1.165, 1.54) is 0 Å². The summed E-state index contributed by atoms with van der Waals surface area (Å²) in [6.07, 6.45) is 0.904. The van der Waals surface area contributed by atoms with E-state index >= 15 is 0 Å². The van der Waals surface area contributed by atoms with Crippen LogP contribution in [0.25, 0.3) is 0 Å². The lowest BCUT2D eigenvalue weighted by Crippen LogP contribution is -2.22. The van der Waals surface area contributed by atoms with Crippen molar-refractivity contribution in [3.63, 3.8) is 0 Å². The highest BCUT2D eigenvalue weighted by Gasteiger charge is 2.12. The number of hydrogen-bond acceptors (Lipinski definition) is 5. The molecule has 116 valence electrons. The topological polar surface area (TPSA) is 77.0 Å². The van der Waals surface area contributed by atoms with Crippen LogP contribution in [0.4, 0.5) is 5.69 Å². The Bertz CT molecular complexity index is 477. The van der Waals surface area contributed by atoms with Crippen LogP contribution in [0.5, 0.6) is 0 Å². The van der Waals surface area contributed by atoms with E-state index < -0.39 is 0 Å². The van der Waals surface area contributed by atoms with E-state index in [0.29, 0.717) is 31.7 Å². The van der Waals surface area contributed by atoms with Crippen LogP contribution in [0, 0.1) is 4.91 Å². The molecular formula is C15H22N2O4. The third-order valence-electron chi connectivity index (χ3n) is 3.22. The van der Waals surface area contributed by atoms with Gasteiger partial charge in [-0.05, 0) is 36.2 Å². The van der Waals surface area contributed by atoms with E-state index in [0.717, 1.165) is 11.1 Å². The number of nitroso groups, excluding NO2 is 1. The number of ether oxygens (including phenoxy) is 2. The zero-order valence-corrected chi connectivity index (χ0v) is 12.7. The lowest BCUT2D eigenvalue weighted by atomic mass is 10.0. The largest absolute Gasteiger partial charge is 0.385 e. The van der Waals surface area contributed by atoms with E-state index in [2.05, 4.69) is 10.5 Å². The number of carbonyl (C=O) groups excluding carboxylic acids is 1. The second-order valence-corrected chi connectivity index (χ2v) is 4.74. The minimum Gasteiger partial charge on any atom is -0.385 e. The van der Waals surface area contributed by atoms with Gasteiger partial charge in [-0.15, -0.1) is 4.91 Å². The Hall–Kier alpha value is -1.79. The molecule has 0 aliphatic heterocycles. The molecule has 21 heavy (non-hydrogen) atoms. The molecule has 0 bridgehead atoms. The smallest absolute Gasteiger partial charge is 0.220 e. The van der Waals surface area contributed by atoms with Gasteiger partial charge in [0.2, 0.25) is 5.91 Å². The van der Waals surface area contributed by atoms with E-state index in [1.54, 1.807) is 26.4 Å². The number of rotatable bonds is 9. The lowest BCUT2D eigenvalue weighted by molar-refractivity contribution is -0.121. The first kappa shape index (κ1) is 17.3. The number of carbonyl (C=O) groups is 1. The fourth-order valence-electron chi connectivity index (χ4n) is 1.92. The van der Waals surface area contributed by atoms with Crippen molar-refractivity contribution in [2.45, 2.75) is 32.4 Å². The summed E-state index contributed by atoms with van der Waals surface area (Å²) in [6.45, 7) is 2.83. The van der Waals surface area contributed by atoms with Gasteiger partial charge in [0, 0.05) is 39.4 Å². The van der Waals surface area contributed by atoms with Gasteiger partial charge in [0.05, 0.1) is 6.10 Å². The Morgan fingerprint density at radius 2 is 2.14 bits per heavy atom. The molecule has 1 atom stereocenters. The fraction of sp³-hybridized carbons (Fsp3) is 0.533. The average molecular weight is 294 g/mol. The molecule has 6 nitrogen and oxygen atoms in total. The highest BCUT2D eigenvalue weighted by molar-refractivity contribution is 5.75. The molecule has 0 saturated carbocycles. The van der Waals surface area contributed by atoms with E-state index in [1.807, 2.05) is 13.0 Å². The highest BCUT2D eigenvalue weighted by Crippen LogP contribution is 2.28. The Kier molecular flexibility index (Phi) is 7.56. The lowest BCUT2D eigenvalue weighted by Gasteiger charge is -2.13. The maximum absolute atomic E-state index is 11.6. The minimum atomic E-state index is -0.227. The average Bonchev–Trinajstić information content (AvgIpc) is 2.52. The van der Waals surface area contributed by atoms with Crippen molar-refractivity contribution >= 4 is 11.6 Å². The molecule has 1 aromatic carbocycles. The van der Waals surface area contributed by atoms with Crippen molar-refractivity contribution in [2.75, 3.05) is 20.8 Å². The normalized spacial score (nSPS) is 12.0. The Morgan fingerprint density at radius 1 is 1.38 bits per heavy atom. The number of nitrogens with zero attached hydrogens (tertiary/aromatic N) is 1. The minimum absolute atomic E-state index is 0.0222. The number of methoxy groups -OCH3 is 2. The van der Waals surface area contributed by atoms with E-state index in [-0.39, 0.29) is 12.0 Å². The van der Waals surface area contributed by atoms with Crippen molar-refractivity contribution in [3.05, 3.63) is 34.2 Å². The molecule has 0 aromatic heterocycles. The summed E-state index contributed by atoms with van der Waals surface area (Å²) in [6, 6.07) is 5.25. The Morgan fingerprint density at radius 3 is 2.76 bits per heavy atom. The maximum Gasteiger partial charge on any atom is 0.220 e. The molecule has 0 aliphatic carbocycles. The highest BCUT2D eigenvalue weighted by atomic mass is 16.5. The molecule has 1 aromatic rings. The second-order valence-electron chi connectivity index (χ2n) is 4.74. The summed E-state index contributed by atoms with van der Waals surface area (Å²) < 4.78 is 10.1. The van der Waals surface area contributed by atoms with E-state index in [4.69, 9.17) is 9.47 Å². The molecule has 1 N–H and O–H groups in total. The molecular weight excluding hydrogens is 272 g/mol. The molecule has 6 heteroatoms. The first-order valence-corrected chi connectivity index (χ1v) is 6.87. The van der Waals surface area contributed by atoms with Crippen molar-refractivity contribution in [1.29, 1.82) is 0 Å². The van der Waals surface area contributed by atoms with Gasteiger partial charge in [0.1, 0.15) is 5.69 Å². The zero-order valence-electron chi connectivity index (χ0n) is 12.7. The van der Waals surface area contributed by atoms with Crippen molar-refractivity contribution in [3.8, 4) is 0 Å². The van der Waals surface area contributed by atoms with Crippen LogP contribution in [-0.4, -0.2) is 26.7 Å². The molecule has 0 aliphatic rings. The number of nitrogens with one attached hydrogen (secondary N) is 1. The van der Waals surface area contributed by atoms with E-state index in [9.17, 15) is 9.70 Å². The van der Waals surface area contributed by atoms with Gasteiger partial charge >= 0.3 is 0 Å². The van der Waals surface area contributed by atoms with Gasteiger partial charge < -0.3 is 14.8 Å². The SMILES string of the molecule is COCCCC(=O)NCc1ccc(N=O)c(C(C)OC)c1. The van der Waals surface area contributed by atoms with Crippen LogP contribution >= 0.6 is 0 Å². The third kappa shape index (κ3) is 5.61. The van der Waals surface area contributed by atoms with Crippen LogP contribution in [0.3, 0.4) is 0 Å². The predicted octanol–water partition coefficient (Wildman–Crippen LogP) is 2.83. The molecule has 1 amide bonds. The third-order valence-corrected chi connectivity index (χ3v) is 3.22. The van der Waals surface area contributed by atoms with Gasteiger partial charge in [-0.2, -0.15) is 0 Å². The van der Waals surface area contributed by atoms with Crippen molar-refractivity contribution in [1.82, 2.24) is 5.32 Å². The molecule has 0 fully saturated rings. The van der Waals surface area contributed by atoms with Crippen molar-refractivity contribution in [2.24, 2.45) is 5.18 Å². The number of benzene rings is 1.